The Bertz CT molecular complexity index is 575. The van der Waals surface area contributed by atoms with Gasteiger partial charge < -0.3 is 15.0 Å². The van der Waals surface area contributed by atoms with E-state index in [9.17, 15) is 0 Å². The quantitative estimate of drug-likeness (QED) is 0.594. The van der Waals surface area contributed by atoms with Gasteiger partial charge in [0.05, 0.1) is 17.1 Å². The fourth-order valence-electron chi connectivity index (χ4n) is 2.55. The first-order valence-electron chi connectivity index (χ1n) is 7.98. The maximum atomic E-state index is 5.86. The maximum Gasteiger partial charge on any atom is 0.109 e. The van der Waals surface area contributed by atoms with Gasteiger partial charge >= 0.3 is 0 Å². The number of nitrogens with two attached hydrogens (primary N) is 1. The van der Waals surface area contributed by atoms with E-state index in [0.29, 0.717) is 6.10 Å². The molecule has 0 fully saturated rings. The molecule has 2 N–H and O–H groups in total. The Balaban J connectivity index is 2.07. The van der Waals surface area contributed by atoms with E-state index in [1.165, 1.54) is 11.3 Å². The molecule has 0 amide bonds. The van der Waals surface area contributed by atoms with Gasteiger partial charge in [0, 0.05) is 25.3 Å². The van der Waals surface area contributed by atoms with Gasteiger partial charge in [-0.15, -0.1) is 0 Å². The molecule has 2 rings (SSSR count). The van der Waals surface area contributed by atoms with E-state index in [0.717, 1.165) is 50.0 Å². The predicted octanol–water partition coefficient (Wildman–Crippen LogP) is 3.78. The molecule has 4 nitrogen and oxygen atoms in total. The zero-order chi connectivity index (χ0) is 15.2. The SMILES string of the molecule is CCCc1nc2cc(N)ccc2n1CCCCOC(C)C. The Hall–Kier alpha value is -1.55. The van der Waals surface area contributed by atoms with Crippen LogP contribution >= 0.6 is 0 Å². The first kappa shape index (κ1) is 15.8. The molecule has 1 aromatic heterocycles. The number of ether oxygens (including phenoxy) is 1. The van der Waals surface area contributed by atoms with Crippen LogP contribution in [0.25, 0.3) is 11.0 Å². The lowest BCUT2D eigenvalue weighted by atomic mass is 10.2. The van der Waals surface area contributed by atoms with Crippen LogP contribution in [0.2, 0.25) is 0 Å². The van der Waals surface area contributed by atoms with Crippen molar-refractivity contribution in [3.63, 3.8) is 0 Å². The summed E-state index contributed by atoms with van der Waals surface area (Å²) in [5, 5.41) is 0. The predicted molar refractivity (Wildman–Crippen MR) is 88.5 cm³/mol. The topological polar surface area (TPSA) is 53.1 Å². The van der Waals surface area contributed by atoms with E-state index in [1.54, 1.807) is 0 Å². The molecule has 116 valence electrons. The third kappa shape index (κ3) is 4.21. The second-order valence-electron chi connectivity index (χ2n) is 5.80. The zero-order valence-electron chi connectivity index (χ0n) is 13.4. The minimum Gasteiger partial charge on any atom is -0.399 e. The minimum absolute atomic E-state index is 0.317. The second-order valence-corrected chi connectivity index (χ2v) is 5.80. The molecule has 0 atom stereocenters. The molecule has 0 aliphatic heterocycles. The Morgan fingerprint density at radius 2 is 2.10 bits per heavy atom. The Kier molecular flexibility index (Phi) is 5.62. The van der Waals surface area contributed by atoms with Crippen LogP contribution in [0, 0.1) is 0 Å². The van der Waals surface area contributed by atoms with Crippen molar-refractivity contribution in [2.24, 2.45) is 0 Å². The van der Waals surface area contributed by atoms with Crippen molar-refractivity contribution in [3.05, 3.63) is 24.0 Å². The van der Waals surface area contributed by atoms with E-state index in [4.69, 9.17) is 15.5 Å². The number of unbranched alkanes of at least 4 members (excludes halogenated alkanes) is 1. The van der Waals surface area contributed by atoms with Crippen molar-refractivity contribution in [1.82, 2.24) is 9.55 Å². The molecule has 0 aliphatic carbocycles. The van der Waals surface area contributed by atoms with Crippen LogP contribution in [0.1, 0.15) is 45.9 Å². The molecule has 21 heavy (non-hydrogen) atoms. The summed E-state index contributed by atoms with van der Waals surface area (Å²) in [4.78, 5) is 4.74. The molecular formula is C17H27N3O. The summed E-state index contributed by atoms with van der Waals surface area (Å²) in [6.45, 7) is 8.17. The van der Waals surface area contributed by atoms with Gasteiger partial charge in [0.15, 0.2) is 0 Å². The van der Waals surface area contributed by atoms with Crippen LogP contribution in [-0.4, -0.2) is 22.3 Å². The number of rotatable bonds is 8. The number of nitrogens with zero attached hydrogens (tertiary/aromatic N) is 2. The van der Waals surface area contributed by atoms with Crippen LogP contribution in [0.4, 0.5) is 5.69 Å². The normalized spacial score (nSPS) is 11.6. The van der Waals surface area contributed by atoms with Crippen molar-refractivity contribution in [1.29, 1.82) is 0 Å². The van der Waals surface area contributed by atoms with E-state index >= 15 is 0 Å². The Morgan fingerprint density at radius 1 is 1.29 bits per heavy atom. The van der Waals surface area contributed by atoms with Crippen molar-refractivity contribution in [2.75, 3.05) is 12.3 Å². The third-order valence-corrected chi connectivity index (χ3v) is 3.55. The lowest BCUT2D eigenvalue weighted by Gasteiger charge is -2.10. The number of benzene rings is 1. The highest BCUT2D eigenvalue weighted by atomic mass is 16.5. The van der Waals surface area contributed by atoms with E-state index in [1.807, 2.05) is 12.1 Å². The Labute approximate surface area is 127 Å². The number of fused-ring (bicyclic) bond motifs is 1. The number of aryl methyl sites for hydroxylation is 2. The molecule has 0 radical (unpaired) electrons. The lowest BCUT2D eigenvalue weighted by Crippen LogP contribution is -2.07. The zero-order valence-corrected chi connectivity index (χ0v) is 13.4. The Morgan fingerprint density at radius 3 is 2.81 bits per heavy atom. The van der Waals surface area contributed by atoms with Crippen molar-refractivity contribution < 1.29 is 4.74 Å². The molecule has 0 aliphatic rings. The minimum atomic E-state index is 0.317. The summed E-state index contributed by atoms with van der Waals surface area (Å²) in [6.07, 6.45) is 4.63. The highest BCUT2D eigenvalue weighted by Gasteiger charge is 2.10. The lowest BCUT2D eigenvalue weighted by molar-refractivity contribution is 0.0754. The van der Waals surface area contributed by atoms with E-state index in [-0.39, 0.29) is 0 Å². The van der Waals surface area contributed by atoms with Crippen LogP contribution < -0.4 is 5.73 Å². The first-order valence-corrected chi connectivity index (χ1v) is 7.98. The highest BCUT2D eigenvalue weighted by Crippen LogP contribution is 2.20. The summed E-state index contributed by atoms with van der Waals surface area (Å²) >= 11 is 0. The standard InChI is InChI=1S/C17H27N3O/c1-4-7-17-19-15-12-14(18)8-9-16(15)20(17)10-5-6-11-21-13(2)3/h8-9,12-13H,4-7,10-11,18H2,1-3H3. The van der Waals surface area contributed by atoms with E-state index < -0.39 is 0 Å². The van der Waals surface area contributed by atoms with Crippen molar-refractivity contribution in [2.45, 2.75) is 59.1 Å². The smallest absolute Gasteiger partial charge is 0.109 e. The number of imidazole rings is 1. The first-order chi connectivity index (χ1) is 10.1. The summed E-state index contributed by atoms with van der Waals surface area (Å²) in [5.41, 5.74) is 8.84. The fraction of sp³-hybridized carbons (Fsp3) is 0.588. The third-order valence-electron chi connectivity index (χ3n) is 3.55. The van der Waals surface area contributed by atoms with Crippen molar-refractivity contribution in [3.8, 4) is 0 Å². The second kappa shape index (κ2) is 7.46. The molecule has 0 unspecified atom stereocenters. The molecule has 0 saturated carbocycles. The molecule has 4 heteroatoms. The molecule has 0 spiro atoms. The van der Waals surface area contributed by atoms with E-state index in [2.05, 4.69) is 31.4 Å². The molecule has 1 heterocycles. The van der Waals surface area contributed by atoms with Crippen LogP contribution in [-0.2, 0) is 17.7 Å². The summed E-state index contributed by atoms with van der Waals surface area (Å²) in [5.74, 6) is 1.17. The molecule has 0 bridgehead atoms. The summed E-state index contributed by atoms with van der Waals surface area (Å²) < 4.78 is 7.94. The summed E-state index contributed by atoms with van der Waals surface area (Å²) in [6, 6.07) is 6.01. The molecular weight excluding hydrogens is 262 g/mol. The van der Waals surface area contributed by atoms with Gasteiger partial charge in [0.2, 0.25) is 0 Å². The summed E-state index contributed by atoms with van der Waals surface area (Å²) in [7, 11) is 0. The van der Waals surface area contributed by atoms with Gasteiger partial charge in [-0.3, -0.25) is 0 Å². The van der Waals surface area contributed by atoms with Gasteiger partial charge in [-0.1, -0.05) is 6.92 Å². The maximum absolute atomic E-state index is 5.86. The van der Waals surface area contributed by atoms with Gasteiger partial charge in [0.1, 0.15) is 5.82 Å². The van der Waals surface area contributed by atoms with Gasteiger partial charge in [-0.2, -0.15) is 0 Å². The van der Waals surface area contributed by atoms with Gasteiger partial charge in [-0.25, -0.2) is 4.98 Å². The van der Waals surface area contributed by atoms with Crippen LogP contribution in [0.3, 0.4) is 0 Å². The highest BCUT2D eigenvalue weighted by molar-refractivity contribution is 5.79. The fourth-order valence-corrected chi connectivity index (χ4v) is 2.55. The molecule has 2 aromatic rings. The monoisotopic (exact) mass is 289 g/mol. The number of hydrogen-bond acceptors (Lipinski definition) is 3. The molecule has 1 aromatic carbocycles. The number of aromatic nitrogens is 2. The average molecular weight is 289 g/mol. The largest absolute Gasteiger partial charge is 0.399 e. The van der Waals surface area contributed by atoms with Gasteiger partial charge in [-0.05, 0) is 51.3 Å². The average Bonchev–Trinajstić information content (AvgIpc) is 2.75. The number of nitrogen functional groups attached to an aromatic ring is 1. The van der Waals surface area contributed by atoms with Crippen LogP contribution in [0.5, 0.6) is 0 Å². The number of anilines is 1. The van der Waals surface area contributed by atoms with Gasteiger partial charge in [0.25, 0.3) is 0 Å². The molecule has 0 saturated heterocycles. The van der Waals surface area contributed by atoms with Crippen LogP contribution in [0.15, 0.2) is 18.2 Å². The van der Waals surface area contributed by atoms with Crippen molar-refractivity contribution >= 4 is 16.7 Å². The number of hydrogen-bond donors (Lipinski definition) is 1.